The SMILES string of the molecule is N#Cc1ccc(N2CCCC(N[C@@H]3CCCC[C@H]3NC(=O)O)C2)cc1F. The van der Waals surface area contributed by atoms with Crippen molar-refractivity contribution in [3.63, 3.8) is 0 Å². The van der Waals surface area contributed by atoms with Crippen molar-refractivity contribution < 1.29 is 14.3 Å². The summed E-state index contributed by atoms with van der Waals surface area (Å²) in [6.07, 6.45) is 5.02. The highest BCUT2D eigenvalue weighted by atomic mass is 19.1. The molecule has 2 aliphatic rings. The number of benzene rings is 1. The van der Waals surface area contributed by atoms with E-state index >= 15 is 0 Å². The fraction of sp³-hybridized carbons (Fsp3) is 0.579. The van der Waals surface area contributed by atoms with Gasteiger partial charge in [-0.1, -0.05) is 12.8 Å². The van der Waals surface area contributed by atoms with Crippen molar-refractivity contribution in [3.8, 4) is 6.07 Å². The minimum atomic E-state index is -0.970. The van der Waals surface area contributed by atoms with Gasteiger partial charge in [-0.15, -0.1) is 0 Å². The molecule has 0 spiro atoms. The van der Waals surface area contributed by atoms with E-state index in [2.05, 4.69) is 15.5 Å². The summed E-state index contributed by atoms with van der Waals surface area (Å²) >= 11 is 0. The zero-order chi connectivity index (χ0) is 18.5. The number of nitrogens with zero attached hydrogens (tertiary/aromatic N) is 2. The molecule has 2 fully saturated rings. The molecule has 1 unspecified atom stereocenters. The molecule has 3 atom stereocenters. The third kappa shape index (κ3) is 4.44. The van der Waals surface area contributed by atoms with Gasteiger partial charge in [-0.25, -0.2) is 9.18 Å². The number of nitriles is 1. The lowest BCUT2D eigenvalue weighted by molar-refractivity contribution is 0.176. The first-order valence-corrected chi connectivity index (χ1v) is 9.27. The molecular weight excluding hydrogens is 335 g/mol. The molecule has 7 heteroatoms. The van der Waals surface area contributed by atoms with Crippen LogP contribution in [0.3, 0.4) is 0 Å². The topological polar surface area (TPSA) is 88.4 Å². The Morgan fingerprint density at radius 2 is 2.00 bits per heavy atom. The van der Waals surface area contributed by atoms with Crippen molar-refractivity contribution >= 4 is 11.8 Å². The molecule has 1 saturated carbocycles. The number of halogens is 1. The fourth-order valence-electron chi connectivity index (χ4n) is 4.10. The average Bonchev–Trinajstić information content (AvgIpc) is 2.63. The summed E-state index contributed by atoms with van der Waals surface area (Å²) in [4.78, 5) is 13.2. The number of anilines is 1. The third-order valence-corrected chi connectivity index (χ3v) is 5.38. The van der Waals surface area contributed by atoms with Crippen LogP contribution in [-0.2, 0) is 0 Å². The summed E-state index contributed by atoms with van der Waals surface area (Å²) in [7, 11) is 0. The van der Waals surface area contributed by atoms with Crippen LogP contribution in [0.25, 0.3) is 0 Å². The minimum Gasteiger partial charge on any atom is -0.465 e. The van der Waals surface area contributed by atoms with Crippen LogP contribution in [0.2, 0.25) is 0 Å². The maximum atomic E-state index is 13.9. The van der Waals surface area contributed by atoms with E-state index in [9.17, 15) is 9.18 Å². The van der Waals surface area contributed by atoms with Gasteiger partial charge in [0.2, 0.25) is 0 Å². The van der Waals surface area contributed by atoms with Crippen LogP contribution < -0.4 is 15.5 Å². The van der Waals surface area contributed by atoms with Gasteiger partial charge in [-0.05, 0) is 43.9 Å². The smallest absolute Gasteiger partial charge is 0.404 e. The van der Waals surface area contributed by atoms with Gasteiger partial charge < -0.3 is 20.6 Å². The number of hydrogen-bond acceptors (Lipinski definition) is 4. The molecule has 1 aromatic carbocycles. The van der Waals surface area contributed by atoms with Crippen molar-refractivity contribution in [3.05, 3.63) is 29.6 Å². The number of rotatable bonds is 4. The van der Waals surface area contributed by atoms with Crippen LogP contribution >= 0.6 is 0 Å². The zero-order valence-corrected chi connectivity index (χ0v) is 14.7. The molecule has 0 bridgehead atoms. The van der Waals surface area contributed by atoms with Gasteiger partial charge in [-0.2, -0.15) is 5.26 Å². The molecule has 3 N–H and O–H groups in total. The van der Waals surface area contributed by atoms with E-state index in [1.54, 1.807) is 6.07 Å². The van der Waals surface area contributed by atoms with Gasteiger partial charge in [0.1, 0.15) is 11.9 Å². The highest BCUT2D eigenvalue weighted by Gasteiger charge is 2.30. The first kappa shape index (κ1) is 18.5. The second-order valence-corrected chi connectivity index (χ2v) is 7.17. The number of hydrogen-bond donors (Lipinski definition) is 3. The van der Waals surface area contributed by atoms with E-state index in [4.69, 9.17) is 10.4 Å². The summed E-state index contributed by atoms with van der Waals surface area (Å²) in [6.45, 7) is 1.60. The monoisotopic (exact) mass is 360 g/mol. The van der Waals surface area contributed by atoms with Crippen LogP contribution in [0.4, 0.5) is 14.9 Å². The Morgan fingerprint density at radius 3 is 2.69 bits per heavy atom. The standard InChI is InChI=1S/C19H25FN4O2/c20-16-10-15(8-7-13(16)11-21)24-9-3-4-14(12-24)22-17-5-1-2-6-18(17)23-19(25)26/h7-8,10,14,17-18,22-23H,1-6,9,12H2,(H,25,26)/t14?,17-,18-/m1/s1. The molecule has 6 nitrogen and oxygen atoms in total. The second kappa shape index (κ2) is 8.37. The summed E-state index contributed by atoms with van der Waals surface area (Å²) in [5, 5.41) is 24.2. The molecule has 0 aromatic heterocycles. The molecule has 1 amide bonds. The lowest BCUT2D eigenvalue weighted by atomic mass is 9.89. The molecule has 1 aromatic rings. The van der Waals surface area contributed by atoms with E-state index in [0.717, 1.165) is 57.3 Å². The average molecular weight is 360 g/mol. The van der Waals surface area contributed by atoms with Crippen molar-refractivity contribution in [2.75, 3.05) is 18.0 Å². The van der Waals surface area contributed by atoms with Crippen LogP contribution in [0.5, 0.6) is 0 Å². The summed E-state index contributed by atoms with van der Waals surface area (Å²) in [5.74, 6) is -0.488. The lowest BCUT2D eigenvalue weighted by Crippen LogP contribution is -2.57. The largest absolute Gasteiger partial charge is 0.465 e. The van der Waals surface area contributed by atoms with Gasteiger partial charge in [0.05, 0.1) is 5.56 Å². The number of carboxylic acid groups (broad SMARTS) is 1. The Balaban J connectivity index is 1.63. The van der Waals surface area contributed by atoms with Gasteiger partial charge in [-0.3, -0.25) is 0 Å². The van der Waals surface area contributed by atoms with Crippen molar-refractivity contribution in [1.29, 1.82) is 5.26 Å². The molecule has 1 aliphatic carbocycles. The Labute approximate surface area is 153 Å². The van der Waals surface area contributed by atoms with E-state index in [-0.39, 0.29) is 23.7 Å². The predicted molar refractivity (Wildman–Crippen MR) is 96.7 cm³/mol. The highest BCUT2D eigenvalue weighted by molar-refractivity contribution is 5.65. The van der Waals surface area contributed by atoms with Crippen LogP contribution in [0.15, 0.2) is 18.2 Å². The highest BCUT2D eigenvalue weighted by Crippen LogP contribution is 2.24. The second-order valence-electron chi connectivity index (χ2n) is 7.17. The van der Waals surface area contributed by atoms with E-state index in [0.29, 0.717) is 0 Å². The third-order valence-electron chi connectivity index (χ3n) is 5.38. The summed E-state index contributed by atoms with van der Waals surface area (Å²) in [6, 6.07) is 6.92. The lowest BCUT2D eigenvalue weighted by Gasteiger charge is -2.40. The molecule has 140 valence electrons. The number of piperidine rings is 1. The molecule has 3 rings (SSSR count). The van der Waals surface area contributed by atoms with Gasteiger partial charge >= 0.3 is 6.09 Å². The molecule has 1 aliphatic heterocycles. The van der Waals surface area contributed by atoms with E-state index < -0.39 is 11.9 Å². The summed E-state index contributed by atoms with van der Waals surface area (Å²) < 4.78 is 13.9. The maximum Gasteiger partial charge on any atom is 0.404 e. The molecule has 0 radical (unpaired) electrons. The Bertz CT molecular complexity index is 691. The molecule has 1 saturated heterocycles. The van der Waals surface area contributed by atoms with E-state index in [1.807, 2.05) is 6.07 Å². The normalized spacial score (nSPS) is 26.2. The summed E-state index contributed by atoms with van der Waals surface area (Å²) in [5.41, 5.74) is 0.849. The van der Waals surface area contributed by atoms with Crippen LogP contribution in [0, 0.1) is 17.1 Å². The predicted octanol–water partition coefficient (Wildman–Crippen LogP) is 2.83. The Morgan fingerprint density at radius 1 is 1.23 bits per heavy atom. The Kier molecular flexibility index (Phi) is 5.94. The van der Waals surface area contributed by atoms with Gasteiger partial charge in [0.25, 0.3) is 0 Å². The first-order valence-electron chi connectivity index (χ1n) is 9.27. The van der Waals surface area contributed by atoms with Gasteiger partial charge in [0.15, 0.2) is 0 Å². The van der Waals surface area contributed by atoms with Crippen LogP contribution in [-0.4, -0.2) is 42.4 Å². The van der Waals surface area contributed by atoms with Crippen molar-refractivity contribution in [1.82, 2.24) is 10.6 Å². The van der Waals surface area contributed by atoms with Crippen molar-refractivity contribution in [2.45, 2.75) is 56.7 Å². The maximum absolute atomic E-state index is 13.9. The quantitative estimate of drug-likeness (QED) is 0.768. The molecule has 26 heavy (non-hydrogen) atoms. The minimum absolute atomic E-state index is 0.0519. The molecular formula is C19H25FN4O2. The number of carbonyl (C=O) groups is 1. The van der Waals surface area contributed by atoms with Crippen molar-refractivity contribution in [2.24, 2.45) is 0 Å². The van der Waals surface area contributed by atoms with Gasteiger partial charge in [0, 0.05) is 36.9 Å². The number of nitrogens with one attached hydrogen (secondary N) is 2. The Hall–Kier alpha value is -2.33. The van der Waals surface area contributed by atoms with Crippen LogP contribution in [0.1, 0.15) is 44.1 Å². The number of amides is 1. The van der Waals surface area contributed by atoms with E-state index in [1.165, 1.54) is 12.1 Å². The fourth-order valence-corrected chi connectivity index (χ4v) is 4.10. The molecule has 1 heterocycles. The zero-order valence-electron chi connectivity index (χ0n) is 14.7. The first-order chi connectivity index (χ1) is 12.6.